The zero-order chi connectivity index (χ0) is 11.9. The molecule has 0 radical (unpaired) electrons. The highest BCUT2D eigenvalue weighted by Crippen LogP contribution is 2.26. The predicted molar refractivity (Wildman–Crippen MR) is 64.1 cm³/mol. The summed E-state index contributed by atoms with van der Waals surface area (Å²) in [4.78, 5) is 4.11. The average molecular weight is 218 g/mol. The van der Waals surface area contributed by atoms with Gasteiger partial charge in [-0.3, -0.25) is 4.68 Å². The van der Waals surface area contributed by atoms with Crippen LogP contribution in [0, 0.1) is 0 Å². The second-order valence-corrected chi connectivity index (χ2v) is 5.18. The summed E-state index contributed by atoms with van der Waals surface area (Å²) >= 11 is 0. The quantitative estimate of drug-likeness (QED) is 0.735. The first-order valence-corrected chi connectivity index (χ1v) is 5.41. The van der Waals surface area contributed by atoms with Gasteiger partial charge in [0.1, 0.15) is 5.69 Å². The highest BCUT2D eigenvalue weighted by molar-refractivity contribution is 5.54. The molecule has 0 N–H and O–H groups in total. The number of aromatic nitrogens is 4. The molecule has 0 saturated carbocycles. The summed E-state index contributed by atoms with van der Waals surface area (Å²) in [5, 5.41) is 4.54. The van der Waals surface area contributed by atoms with Crippen LogP contribution in [0.5, 0.6) is 0 Å². The lowest BCUT2D eigenvalue weighted by molar-refractivity contribution is 0.523. The van der Waals surface area contributed by atoms with Crippen LogP contribution in [0.2, 0.25) is 0 Å². The van der Waals surface area contributed by atoms with Crippen LogP contribution in [0.25, 0.3) is 11.4 Å². The lowest BCUT2D eigenvalue weighted by atomic mass is 9.92. The van der Waals surface area contributed by atoms with Gasteiger partial charge in [-0.05, 0) is 6.07 Å². The van der Waals surface area contributed by atoms with Crippen molar-refractivity contribution in [1.82, 2.24) is 19.3 Å². The zero-order valence-corrected chi connectivity index (χ0v) is 10.5. The third-order valence-corrected chi connectivity index (χ3v) is 2.73. The summed E-state index contributed by atoms with van der Waals surface area (Å²) in [6.07, 6.45) is 3.63. The monoisotopic (exact) mass is 218 g/mol. The molecule has 0 aliphatic carbocycles. The molecular weight excluding hydrogens is 200 g/mol. The van der Waals surface area contributed by atoms with Crippen molar-refractivity contribution in [1.29, 1.82) is 0 Å². The summed E-state index contributed by atoms with van der Waals surface area (Å²) < 4.78 is 3.93. The highest BCUT2D eigenvalue weighted by Gasteiger charge is 2.20. The van der Waals surface area contributed by atoms with E-state index in [9.17, 15) is 0 Å². The van der Waals surface area contributed by atoms with Gasteiger partial charge in [0.05, 0.1) is 18.2 Å². The summed E-state index contributed by atoms with van der Waals surface area (Å²) in [5.41, 5.74) is 3.36. The Bertz CT molecular complexity index is 499. The van der Waals surface area contributed by atoms with Crippen LogP contribution >= 0.6 is 0 Å². The molecule has 0 saturated heterocycles. The highest BCUT2D eigenvalue weighted by atomic mass is 15.3. The molecule has 0 bridgehead atoms. The van der Waals surface area contributed by atoms with Crippen LogP contribution in [0.15, 0.2) is 18.6 Å². The molecule has 0 fully saturated rings. The van der Waals surface area contributed by atoms with E-state index in [0.717, 1.165) is 11.4 Å². The van der Waals surface area contributed by atoms with Gasteiger partial charge in [-0.1, -0.05) is 20.8 Å². The van der Waals surface area contributed by atoms with Crippen LogP contribution in [0.3, 0.4) is 0 Å². The molecule has 4 nitrogen and oxygen atoms in total. The number of imidazole rings is 1. The number of hydrogen-bond acceptors (Lipinski definition) is 2. The van der Waals surface area contributed by atoms with Gasteiger partial charge in [-0.2, -0.15) is 5.10 Å². The second-order valence-electron chi connectivity index (χ2n) is 5.18. The van der Waals surface area contributed by atoms with Gasteiger partial charge in [0.15, 0.2) is 0 Å². The SMILES string of the molecule is Cn1cncc1-c1cc(C(C)(C)C)n(C)n1. The molecule has 0 unspecified atom stereocenters. The fraction of sp³-hybridized carbons (Fsp3) is 0.500. The van der Waals surface area contributed by atoms with Gasteiger partial charge in [-0.15, -0.1) is 0 Å². The molecule has 0 amide bonds. The maximum Gasteiger partial charge on any atom is 0.111 e. The lowest BCUT2D eigenvalue weighted by Gasteiger charge is -2.17. The molecule has 2 aromatic rings. The molecule has 0 atom stereocenters. The molecule has 16 heavy (non-hydrogen) atoms. The Morgan fingerprint density at radius 2 is 1.88 bits per heavy atom. The smallest absolute Gasteiger partial charge is 0.111 e. The third kappa shape index (κ3) is 1.75. The van der Waals surface area contributed by atoms with Gasteiger partial charge in [0.25, 0.3) is 0 Å². The summed E-state index contributed by atoms with van der Waals surface area (Å²) in [6.45, 7) is 6.57. The fourth-order valence-electron chi connectivity index (χ4n) is 1.90. The predicted octanol–water partition coefficient (Wildman–Crippen LogP) is 2.12. The van der Waals surface area contributed by atoms with E-state index < -0.39 is 0 Å². The maximum absolute atomic E-state index is 4.54. The molecule has 0 aliphatic rings. The van der Waals surface area contributed by atoms with E-state index >= 15 is 0 Å². The standard InChI is InChI=1S/C12H18N4/c1-12(2,3)11-6-9(14-16(11)5)10-7-13-8-15(10)4/h6-8H,1-5H3. The molecule has 2 heterocycles. The van der Waals surface area contributed by atoms with Crippen LogP contribution in [-0.2, 0) is 19.5 Å². The molecule has 2 aromatic heterocycles. The minimum absolute atomic E-state index is 0.110. The van der Waals surface area contributed by atoms with Crippen molar-refractivity contribution in [3.05, 3.63) is 24.3 Å². The first-order valence-electron chi connectivity index (χ1n) is 5.41. The molecule has 0 spiro atoms. The van der Waals surface area contributed by atoms with Crippen molar-refractivity contribution in [2.75, 3.05) is 0 Å². The van der Waals surface area contributed by atoms with E-state index in [1.54, 1.807) is 6.33 Å². The van der Waals surface area contributed by atoms with Crippen LogP contribution in [0.4, 0.5) is 0 Å². The van der Waals surface area contributed by atoms with E-state index in [0.29, 0.717) is 0 Å². The topological polar surface area (TPSA) is 35.6 Å². The Balaban J connectivity index is 2.51. The second kappa shape index (κ2) is 3.47. The fourth-order valence-corrected chi connectivity index (χ4v) is 1.90. The number of rotatable bonds is 1. The van der Waals surface area contributed by atoms with Gasteiger partial charge in [0, 0.05) is 25.2 Å². The summed E-state index contributed by atoms with van der Waals surface area (Å²) in [7, 11) is 3.97. The van der Waals surface area contributed by atoms with Crippen LogP contribution in [0.1, 0.15) is 26.5 Å². The van der Waals surface area contributed by atoms with Crippen molar-refractivity contribution in [3.63, 3.8) is 0 Å². The Kier molecular flexibility index (Phi) is 2.37. The first-order chi connectivity index (χ1) is 7.39. The number of hydrogen-bond donors (Lipinski definition) is 0. The van der Waals surface area contributed by atoms with Gasteiger partial charge >= 0.3 is 0 Å². The van der Waals surface area contributed by atoms with E-state index in [1.807, 2.05) is 29.5 Å². The molecule has 4 heteroatoms. The van der Waals surface area contributed by atoms with Gasteiger partial charge < -0.3 is 4.57 Å². The van der Waals surface area contributed by atoms with E-state index in [4.69, 9.17) is 0 Å². The Morgan fingerprint density at radius 1 is 1.19 bits per heavy atom. The van der Waals surface area contributed by atoms with Gasteiger partial charge in [0.2, 0.25) is 0 Å². The van der Waals surface area contributed by atoms with Crippen molar-refractivity contribution < 1.29 is 0 Å². The van der Waals surface area contributed by atoms with Crippen molar-refractivity contribution in [2.45, 2.75) is 26.2 Å². The first kappa shape index (κ1) is 10.9. The lowest BCUT2D eigenvalue weighted by Crippen LogP contribution is -2.16. The molecule has 0 aromatic carbocycles. The Hall–Kier alpha value is -1.58. The Labute approximate surface area is 95.9 Å². The largest absolute Gasteiger partial charge is 0.332 e. The number of aryl methyl sites for hydroxylation is 2. The van der Waals surface area contributed by atoms with Crippen molar-refractivity contribution >= 4 is 0 Å². The van der Waals surface area contributed by atoms with Crippen LogP contribution < -0.4 is 0 Å². The van der Waals surface area contributed by atoms with Gasteiger partial charge in [-0.25, -0.2) is 4.98 Å². The van der Waals surface area contributed by atoms with E-state index in [-0.39, 0.29) is 5.41 Å². The summed E-state index contributed by atoms with van der Waals surface area (Å²) in [5.74, 6) is 0. The average Bonchev–Trinajstić information content (AvgIpc) is 2.70. The van der Waals surface area contributed by atoms with E-state index in [1.165, 1.54) is 5.69 Å². The minimum atomic E-state index is 0.110. The molecule has 86 valence electrons. The minimum Gasteiger partial charge on any atom is -0.332 e. The Morgan fingerprint density at radius 3 is 2.31 bits per heavy atom. The molecule has 0 aliphatic heterocycles. The zero-order valence-electron chi connectivity index (χ0n) is 10.5. The molecular formula is C12H18N4. The third-order valence-electron chi connectivity index (χ3n) is 2.73. The number of nitrogens with zero attached hydrogens (tertiary/aromatic N) is 4. The van der Waals surface area contributed by atoms with Crippen molar-refractivity contribution in [3.8, 4) is 11.4 Å². The van der Waals surface area contributed by atoms with Crippen LogP contribution in [-0.4, -0.2) is 19.3 Å². The van der Waals surface area contributed by atoms with Crippen molar-refractivity contribution in [2.24, 2.45) is 14.1 Å². The normalized spacial score (nSPS) is 12.1. The molecule has 2 rings (SSSR count). The maximum atomic E-state index is 4.54. The summed E-state index contributed by atoms with van der Waals surface area (Å²) in [6, 6.07) is 2.14. The van der Waals surface area contributed by atoms with E-state index in [2.05, 4.69) is 36.9 Å².